The molecule has 0 saturated carbocycles. The number of piperazine rings is 1. The van der Waals surface area contributed by atoms with E-state index in [4.69, 9.17) is 9.47 Å². The number of nitrogens with zero attached hydrogens (tertiary/aromatic N) is 5. The van der Waals surface area contributed by atoms with Crippen molar-refractivity contribution in [1.29, 1.82) is 5.26 Å². The van der Waals surface area contributed by atoms with Gasteiger partial charge >= 0.3 is 18.3 Å². The average Bonchev–Trinajstić information content (AvgIpc) is 3.02. The van der Waals surface area contributed by atoms with E-state index in [2.05, 4.69) is 27.4 Å². The molecule has 1 fully saturated rings. The molecule has 2 aliphatic rings. The first-order chi connectivity index (χ1) is 21.5. The Morgan fingerprint density at radius 2 is 1.71 bits per heavy atom. The summed E-state index contributed by atoms with van der Waals surface area (Å²) in [4.78, 5) is 33.5. The van der Waals surface area contributed by atoms with E-state index in [1.54, 1.807) is 0 Å². The number of carbonyl (C=O) groups excluding carboxylic acids is 1. The number of rotatable bonds is 7. The van der Waals surface area contributed by atoms with Gasteiger partial charge in [-0.2, -0.15) is 18.4 Å². The quantitative estimate of drug-likeness (QED) is 0.314. The highest BCUT2D eigenvalue weighted by Crippen LogP contribution is 2.43. The molecule has 2 aromatic carbocycles. The summed E-state index contributed by atoms with van der Waals surface area (Å²) in [5.74, 6) is 0.226. The maximum absolute atomic E-state index is 13.9. The molecular formula is C30H30F3N7O5. The number of nitriles is 1. The number of aromatic nitrogens is 1. The first kappa shape index (κ1) is 31.4. The van der Waals surface area contributed by atoms with Gasteiger partial charge in [-0.05, 0) is 48.5 Å². The van der Waals surface area contributed by atoms with E-state index in [1.807, 2.05) is 11.0 Å². The number of ether oxygens (including phenoxy) is 2. The van der Waals surface area contributed by atoms with E-state index in [-0.39, 0.29) is 59.6 Å². The summed E-state index contributed by atoms with van der Waals surface area (Å²) >= 11 is 0. The number of carboxylic acid groups (broad SMARTS) is 1. The van der Waals surface area contributed by atoms with Crippen LogP contribution in [0.5, 0.6) is 17.2 Å². The number of amides is 3. The lowest BCUT2D eigenvalue weighted by atomic mass is 10.0. The number of halogens is 3. The zero-order chi connectivity index (χ0) is 32.1. The monoisotopic (exact) mass is 625 g/mol. The van der Waals surface area contributed by atoms with Crippen molar-refractivity contribution in [3.63, 3.8) is 0 Å². The van der Waals surface area contributed by atoms with Gasteiger partial charge in [0.15, 0.2) is 11.6 Å². The molecule has 12 nitrogen and oxygen atoms in total. The Balaban J connectivity index is 1.24. The molecule has 45 heavy (non-hydrogen) atoms. The van der Waals surface area contributed by atoms with Crippen LogP contribution in [0.1, 0.15) is 23.6 Å². The topological polar surface area (TPSA) is 143 Å². The van der Waals surface area contributed by atoms with Crippen molar-refractivity contribution in [2.75, 3.05) is 61.4 Å². The number of alkyl halides is 3. The fourth-order valence-corrected chi connectivity index (χ4v) is 5.08. The molecule has 0 aliphatic carbocycles. The number of benzene rings is 2. The van der Waals surface area contributed by atoms with E-state index in [9.17, 15) is 33.1 Å². The Morgan fingerprint density at radius 1 is 1.04 bits per heavy atom. The molecule has 0 radical (unpaired) electrons. The second-order valence-corrected chi connectivity index (χ2v) is 10.3. The smallest absolute Gasteiger partial charge is 0.416 e. The Morgan fingerprint density at radius 3 is 2.36 bits per heavy atom. The molecule has 0 bridgehead atoms. The number of carbonyl (C=O) groups is 2. The van der Waals surface area contributed by atoms with Crippen LogP contribution in [0.3, 0.4) is 0 Å². The molecule has 15 heteroatoms. The lowest BCUT2D eigenvalue weighted by molar-refractivity contribution is -0.138. The van der Waals surface area contributed by atoms with E-state index >= 15 is 0 Å². The van der Waals surface area contributed by atoms with Gasteiger partial charge in [-0.1, -0.05) is 13.0 Å². The highest BCUT2D eigenvalue weighted by Gasteiger charge is 2.34. The Kier molecular flexibility index (Phi) is 9.26. The number of hydrogen-bond donors (Lipinski definition) is 3. The van der Waals surface area contributed by atoms with Gasteiger partial charge in [-0.25, -0.2) is 14.6 Å². The molecule has 2 aliphatic heterocycles. The summed E-state index contributed by atoms with van der Waals surface area (Å²) in [5, 5.41) is 24.0. The molecule has 236 valence electrons. The largest absolute Gasteiger partial charge is 0.484 e. The van der Waals surface area contributed by atoms with Crippen LogP contribution in [0.4, 0.5) is 40.0 Å². The van der Waals surface area contributed by atoms with Crippen molar-refractivity contribution in [3.8, 4) is 23.3 Å². The molecule has 1 aromatic heterocycles. The van der Waals surface area contributed by atoms with E-state index in [0.717, 1.165) is 30.6 Å². The summed E-state index contributed by atoms with van der Waals surface area (Å²) < 4.78 is 53.3. The average molecular weight is 626 g/mol. The summed E-state index contributed by atoms with van der Waals surface area (Å²) in [5.41, 5.74) is -0.341. The predicted molar refractivity (Wildman–Crippen MR) is 158 cm³/mol. The third-order valence-corrected chi connectivity index (χ3v) is 7.45. The molecule has 5 rings (SSSR count). The van der Waals surface area contributed by atoms with Crippen LogP contribution in [0.25, 0.3) is 0 Å². The summed E-state index contributed by atoms with van der Waals surface area (Å²) in [6.45, 7) is 6.18. The van der Waals surface area contributed by atoms with Crippen LogP contribution in [0.15, 0.2) is 48.7 Å². The standard InChI is InChI=1S/C30H30F3N7O5/c1-2-38-9-11-39(12-10-38)18-19-3-4-22(15-24(19)30(31,32)33)37-28(41)36-21-5-7-23(8-6-21)45-25-20(16-34)17-35-27-26(25)44-14-13-40(27)29(42)43/h3-8,15,17H,2,9-14,18H2,1H3,(H,42,43)(H2,36,37,41). The van der Waals surface area contributed by atoms with Crippen molar-refractivity contribution in [2.24, 2.45) is 0 Å². The molecule has 1 saturated heterocycles. The minimum atomic E-state index is -4.60. The van der Waals surface area contributed by atoms with Crippen LogP contribution in [0.2, 0.25) is 0 Å². The van der Waals surface area contributed by atoms with Gasteiger partial charge < -0.3 is 30.1 Å². The number of fused-ring (bicyclic) bond motifs is 1. The van der Waals surface area contributed by atoms with Gasteiger partial charge in [0.25, 0.3) is 0 Å². The van der Waals surface area contributed by atoms with Crippen molar-refractivity contribution in [2.45, 2.75) is 19.6 Å². The van der Waals surface area contributed by atoms with Gasteiger partial charge in [0.05, 0.1) is 18.3 Å². The molecule has 3 amide bonds. The second kappa shape index (κ2) is 13.3. The maximum Gasteiger partial charge on any atom is 0.416 e. The van der Waals surface area contributed by atoms with Gasteiger partial charge in [-0.3, -0.25) is 9.80 Å². The van der Waals surface area contributed by atoms with Crippen LogP contribution in [0, 0.1) is 11.3 Å². The Labute approximate surface area is 256 Å². The lowest BCUT2D eigenvalue weighted by Crippen LogP contribution is -2.45. The van der Waals surface area contributed by atoms with Crippen LogP contribution >= 0.6 is 0 Å². The number of pyridine rings is 1. The SMILES string of the molecule is CCN1CCN(Cc2ccc(NC(=O)Nc3ccc(Oc4c(C#N)cnc5c4OCCN5C(=O)O)cc3)cc2C(F)(F)F)CC1. The van der Waals surface area contributed by atoms with Gasteiger partial charge in [0.2, 0.25) is 5.75 Å². The summed E-state index contributed by atoms with van der Waals surface area (Å²) in [7, 11) is 0. The highest BCUT2D eigenvalue weighted by molar-refractivity contribution is 5.99. The number of urea groups is 1. The van der Waals surface area contributed by atoms with Gasteiger partial charge in [0.1, 0.15) is 24.0 Å². The third-order valence-electron chi connectivity index (χ3n) is 7.45. The lowest BCUT2D eigenvalue weighted by Gasteiger charge is -2.34. The molecular weight excluding hydrogens is 595 g/mol. The molecule has 0 atom stereocenters. The van der Waals surface area contributed by atoms with Crippen molar-refractivity contribution in [1.82, 2.24) is 14.8 Å². The van der Waals surface area contributed by atoms with Gasteiger partial charge in [0, 0.05) is 44.1 Å². The predicted octanol–water partition coefficient (Wildman–Crippen LogP) is 5.42. The Bertz CT molecular complexity index is 1600. The molecule has 3 aromatic rings. The van der Waals surface area contributed by atoms with Crippen molar-refractivity contribution < 1.29 is 37.3 Å². The minimum Gasteiger partial charge on any atom is -0.484 e. The zero-order valence-electron chi connectivity index (χ0n) is 24.2. The maximum atomic E-state index is 13.9. The van der Waals surface area contributed by atoms with E-state index < -0.39 is 23.9 Å². The number of nitrogens with one attached hydrogen (secondary N) is 2. The zero-order valence-corrected chi connectivity index (χ0v) is 24.2. The van der Waals surface area contributed by atoms with Crippen molar-refractivity contribution in [3.05, 3.63) is 65.4 Å². The van der Waals surface area contributed by atoms with E-state index in [0.29, 0.717) is 18.8 Å². The third kappa shape index (κ3) is 7.36. The fourth-order valence-electron chi connectivity index (χ4n) is 5.08. The molecule has 0 spiro atoms. The normalized spacial score (nSPS) is 15.4. The first-order valence-corrected chi connectivity index (χ1v) is 14.1. The van der Waals surface area contributed by atoms with Gasteiger partial charge in [-0.15, -0.1) is 0 Å². The van der Waals surface area contributed by atoms with Crippen LogP contribution in [-0.2, 0) is 12.7 Å². The number of anilines is 3. The highest BCUT2D eigenvalue weighted by atomic mass is 19.4. The molecule has 3 N–H and O–H groups in total. The molecule has 0 unspecified atom stereocenters. The summed E-state index contributed by atoms with van der Waals surface area (Å²) in [6.07, 6.45) is -4.65. The number of likely N-dealkylation sites (N-methyl/N-ethyl adjacent to an activating group) is 1. The minimum absolute atomic E-state index is 0.00534. The summed E-state index contributed by atoms with van der Waals surface area (Å²) in [6, 6.07) is 10.9. The first-order valence-electron chi connectivity index (χ1n) is 14.1. The fraction of sp³-hybridized carbons (Fsp3) is 0.333. The van der Waals surface area contributed by atoms with Crippen LogP contribution in [-0.4, -0.2) is 77.9 Å². The van der Waals surface area contributed by atoms with Crippen molar-refractivity contribution >= 4 is 29.3 Å². The number of hydrogen-bond acceptors (Lipinski definition) is 8. The van der Waals surface area contributed by atoms with Crippen LogP contribution < -0.4 is 25.0 Å². The molecule has 3 heterocycles. The Hall–Kier alpha value is -5.07. The second-order valence-electron chi connectivity index (χ2n) is 10.3. The van der Waals surface area contributed by atoms with E-state index in [1.165, 1.54) is 42.6 Å².